The Labute approximate surface area is 123 Å². The molecule has 0 aromatic heterocycles. The molecular formula is C16H15N3O2. The first-order chi connectivity index (χ1) is 10.1. The predicted octanol–water partition coefficient (Wildman–Crippen LogP) is 3.32. The van der Waals surface area contributed by atoms with E-state index in [1.165, 1.54) is 11.0 Å². The van der Waals surface area contributed by atoms with Gasteiger partial charge in [0, 0.05) is 24.0 Å². The monoisotopic (exact) mass is 281 g/mol. The summed E-state index contributed by atoms with van der Waals surface area (Å²) in [4.78, 5) is 13.8. The minimum atomic E-state index is -0.321. The summed E-state index contributed by atoms with van der Waals surface area (Å²) in [6.45, 7) is 2.29. The van der Waals surface area contributed by atoms with E-state index >= 15 is 0 Å². The highest BCUT2D eigenvalue weighted by Gasteiger charge is 2.14. The number of anilines is 2. The molecule has 0 atom stereocenters. The van der Waals surface area contributed by atoms with Crippen LogP contribution < -0.4 is 10.2 Å². The molecule has 0 saturated heterocycles. The number of carbonyl (C=O) groups is 1. The molecule has 0 bridgehead atoms. The summed E-state index contributed by atoms with van der Waals surface area (Å²) in [6, 6.07) is 14.9. The molecule has 21 heavy (non-hydrogen) atoms. The van der Waals surface area contributed by atoms with Crippen LogP contribution in [-0.2, 0) is 0 Å². The summed E-state index contributed by atoms with van der Waals surface area (Å²) in [7, 11) is 0. The standard InChI is InChI=1S/C16H15N3O2/c1-2-19(14-7-4-8-15(20)10-14)16(21)18-13-6-3-5-12(9-13)11-17/h3-10,20H,2H2,1H3,(H,18,21). The Bertz CT molecular complexity index is 692. The maximum atomic E-state index is 12.3. The molecule has 2 aromatic rings. The van der Waals surface area contributed by atoms with Crippen LogP contribution in [0.2, 0.25) is 0 Å². The zero-order chi connectivity index (χ0) is 15.2. The number of hydrogen-bond acceptors (Lipinski definition) is 3. The van der Waals surface area contributed by atoms with Crippen molar-refractivity contribution in [1.29, 1.82) is 5.26 Å². The van der Waals surface area contributed by atoms with Crippen LogP contribution in [0.25, 0.3) is 0 Å². The lowest BCUT2D eigenvalue weighted by Gasteiger charge is -2.21. The fourth-order valence-corrected chi connectivity index (χ4v) is 1.96. The molecule has 2 rings (SSSR count). The second kappa shape index (κ2) is 6.44. The van der Waals surface area contributed by atoms with E-state index in [1.807, 2.05) is 13.0 Å². The van der Waals surface area contributed by atoms with Crippen LogP contribution in [0.1, 0.15) is 12.5 Å². The summed E-state index contributed by atoms with van der Waals surface area (Å²) >= 11 is 0. The van der Waals surface area contributed by atoms with Gasteiger partial charge in [0.05, 0.1) is 11.6 Å². The summed E-state index contributed by atoms with van der Waals surface area (Å²) in [6.07, 6.45) is 0. The maximum absolute atomic E-state index is 12.3. The molecule has 2 aromatic carbocycles. The van der Waals surface area contributed by atoms with Gasteiger partial charge in [0.1, 0.15) is 5.75 Å². The highest BCUT2D eigenvalue weighted by atomic mass is 16.3. The average molecular weight is 281 g/mol. The average Bonchev–Trinajstić information content (AvgIpc) is 2.48. The Morgan fingerprint density at radius 3 is 2.71 bits per heavy atom. The van der Waals surface area contributed by atoms with E-state index in [1.54, 1.807) is 42.5 Å². The van der Waals surface area contributed by atoms with Gasteiger partial charge in [0.25, 0.3) is 0 Å². The summed E-state index contributed by atoms with van der Waals surface area (Å²) in [5, 5.41) is 21.1. The number of nitrogens with one attached hydrogen (secondary N) is 1. The molecule has 0 fully saturated rings. The van der Waals surface area contributed by atoms with Crippen LogP contribution in [0.4, 0.5) is 16.2 Å². The number of nitrogens with zero attached hydrogens (tertiary/aromatic N) is 2. The van der Waals surface area contributed by atoms with Crippen molar-refractivity contribution in [2.75, 3.05) is 16.8 Å². The zero-order valence-corrected chi connectivity index (χ0v) is 11.6. The van der Waals surface area contributed by atoms with Gasteiger partial charge in [0.15, 0.2) is 0 Å². The number of nitriles is 1. The van der Waals surface area contributed by atoms with Crippen molar-refractivity contribution in [3.05, 3.63) is 54.1 Å². The first-order valence-electron chi connectivity index (χ1n) is 6.51. The lowest BCUT2D eigenvalue weighted by Crippen LogP contribution is -2.34. The van der Waals surface area contributed by atoms with Crippen LogP contribution in [0, 0.1) is 11.3 Å². The Balaban J connectivity index is 2.19. The van der Waals surface area contributed by atoms with E-state index in [9.17, 15) is 9.90 Å². The van der Waals surface area contributed by atoms with E-state index in [4.69, 9.17) is 5.26 Å². The van der Waals surface area contributed by atoms with Crippen LogP contribution >= 0.6 is 0 Å². The summed E-state index contributed by atoms with van der Waals surface area (Å²) in [5.74, 6) is 0.102. The van der Waals surface area contributed by atoms with Gasteiger partial charge >= 0.3 is 6.03 Å². The Kier molecular flexibility index (Phi) is 4.42. The largest absolute Gasteiger partial charge is 0.508 e. The molecule has 106 valence electrons. The van der Waals surface area contributed by atoms with Crippen LogP contribution in [0.5, 0.6) is 5.75 Å². The molecule has 5 heteroatoms. The lowest BCUT2D eigenvalue weighted by atomic mass is 10.2. The third kappa shape index (κ3) is 3.51. The smallest absolute Gasteiger partial charge is 0.326 e. The first-order valence-corrected chi connectivity index (χ1v) is 6.51. The number of carbonyl (C=O) groups excluding carboxylic acids is 1. The van der Waals surface area contributed by atoms with Crippen molar-refractivity contribution < 1.29 is 9.90 Å². The molecular weight excluding hydrogens is 266 g/mol. The third-order valence-electron chi connectivity index (χ3n) is 2.95. The molecule has 0 aliphatic rings. The highest BCUT2D eigenvalue weighted by Crippen LogP contribution is 2.21. The van der Waals surface area contributed by atoms with Crippen molar-refractivity contribution in [3.63, 3.8) is 0 Å². The van der Waals surface area contributed by atoms with E-state index in [0.717, 1.165) is 0 Å². The maximum Gasteiger partial charge on any atom is 0.326 e. The van der Waals surface area contributed by atoms with E-state index in [-0.39, 0.29) is 11.8 Å². The number of hydrogen-bond donors (Lipinski definition) is 2. The fraction of sp³-hybridized carbons (Fsp3) is 0.125. The lowest BCUT2D eigenvalue weighted by molar-refractivity contribution is 0.257. The van der Waals surface area contributed by atoms with Crippen molar-refractivity contribution in [1.82, 2.24) is 0 Å². The first kappa shape index (κ1) is 14.4. The second-order valence-electron chi connectivity index (χ2n) is 4.39. The second-order valence-corrected chi connectivity index (χ2v) is 4.39. The van der Waals surface area contributed by atoms with Gasteiger partial charge in [-0.15, -0.1) is 0 Å². The fourth-order valence-electron chi connectivity index (χ4n) is 1.96. The molecule has 2 N–H and O–H groups in total. The predicted molar refractivity (Wildman–Crippen MR) is 81.3 cm³/mol. The van der Waals surface area contributed by atoms with Crippen LogP contribution in [-0.4, -0.2) is 17.7 Å². The van der Waals surface area contributed by atoms with E-state index < -0.39 is 0 Å². The van der Waals surface area contributed by atoms with Gasteiger partial charge < -0.3 is 10.4 Å². The molecule has 2 amide bonds. The summed E-state index contributed by atoms with van der Waals surface area (Å²) in [5.41, 5.74) is 1.64. The van der Waals surface area contributed by atoms with E-state index in [2.05, 4.69) is 5.32 Å². The van der Waals surface area contributed by atoms with Crippen molar-refractivity contribution in [3.8, 4) is 11.8 Å². The number of rotatable bonds is 3. The number of urea groups is 1. The van der Waals surface area contributed by atoms with Gasteiger partial charge in [0.2, 0.25) is 0 Å². The Morgan fingerprint density at radius 2 is 2.05 bits per heavy atom. The van der Waals surface area contributed by atoms with Crippen LogP contribution in [0.3, 0.4) is 0 Å². The normalized spacial score (nSPS) is 9.71. The molecule has 0 unspecified atom stereocenters. The summed E-state index contributed by atoms with van der Waals surface area (Å²) < 4.78 is 0. The number of phenolic OH excluding ortho intramolecular Hbond substituents is 1. The van der Waals surface area contributed by atoms with Crippen molar-refractivity contribution >= 4 is 17.4 Å². The van der Waals surface area contributed by atoms with Gasteiger partial charge in [-0.25, -0.2) is 4.79 Å². The Morgan fingerprint density at radius 1 is 1.29 bits per heavy atom. The van der Waals surface area contributed by atoms with Gasteiger partial charge in [-0.2, -0.15) is 5.26 Å². The number of amides is 2. The molecule has 0 radical (unpaired) electrons. The quantitative estimate of drug-likeness (QED) is 0.906. The molecule has 0 heterocycles. The molecule has 0 aliphatic carbocycles. The Hall–Kier alpha value is -3.00. The number of benzene rings is 2. The van der Waals surface area contributed by atoms with Gasteiger partial charge in [-0.3, -0.25) is 4.90 Å². The minimum Gasteiger partial charge on any atom is -0.508 e. The van der Waals surface area contributed by atoms with Gasteiger partial charge in [-0.1, -0.05) is 12.1 Å². The van der Waals surface area contributed by atoms with Gasteiger partial charge in [-0.05, 0) is 37.3 Å². The number of phenols is 1. The van der Waals surface area contributed by atoms with E-state index in [0.29, 0.717) is 23.5 Å². The zero-order valence-electron chi connectivity index (χ0n) is 11.6. The molecule has 0 spiro atoms. The molecule has 0 saturated carbocycles. The van der Waals surface area contributed by atoms with Crippen LogP contribution in [0.15, 0.2) is 48.5 Å². The SMILES string of the molecule is CCN(C(=O)Nc1cccc(C#N)c1)c1cccc(O)c1. The van der Waals surface area contributed by atoms with Crippen molar-refractivity contribution in [2.24, 2.45) is 0 Å². The third-order valence-corrected chi connectivity index (χ3v) is 2.95. The molecule has 5 nitrogen and oxygen atoms in total. The minimum absolute atomic E-state index is 0.102. The topological polar surface area (TPSA) is 76.4 Å². The highest BCUT2D eigenvalue weighted by molar-refractivity contribution is 6.01. The van der Waals surface area contributed by atoms with Crippen molar-refractivity contribution in [2.45, 2.75) is 6.92 Å². The number of aromatic hydroxyl groups is 1. The molecule has 0 aliphatic heterocycles.